The summed E-state index contributed by atoms with van der Waals surface area (Å²) in [5.41, 5.74) is 0.993. The molecule has 1 aliphatic heterocycles. The third kappa shape index (κ3) is 4.56. The van der Waals surface area contributed by atoms with Crippen molar-refractivity contribution in [2.45, 2.75) is 11.3 Å². The number of carbonyl (C=O) groups excluding carboxylic acids is 1. The highest BCUT2D eigenvalue weighted by Gasteiger charge is 2.54. The lowest BCUT2D eigenvalue weighted by Crippen LogP contribution is -2.18. The molecule has 1 heterocycles. The molecule has 1 amide bonds. The standard InChI is InChI=1S/C20H21ClN2O5S/c21-17-4-2-1-3-12(17)7-20(24)23-13-5-6-18(19(8-13)29(22,25)26)28-11-16-14-9-27-10-15(14)16/h1-6,8,14-16H,7,9-11H2,(H,23,24)(H2,22,25,26)/t14-,15?,16?/m0/s1. The molecule has 2 fully saturated rings. The van der Waals surface area contributed by atoms with Crippen LogP contribution in [0.25, 0.3) is 0 Å². The summed E-state index contributed by atoms with van der Waals surface area (Å²) in [5, 5.41) is 8.53. The fourth-order valence-electron chi connectivity index (χ4n) is 3.74. The van der Waals surface area contributed by atoms with Crippen molar-refractivity contribution >= 4 is 33.2 Å². The van der Waals surface area contributed by atoms with E-state index >= 15 is 0 Å². The zero-order valence-corrected chi connectivity index (χ0v) is 17.1. The molecule has 1 saturated heterocycles. The van der Waals surface area contributed by atoms with Crippen LogP contribution in [0.2, 0.25) is 5.02 Å². The summed E-state index contributed by atoms with van der Waals surface area (Å²) in [6.45, 7) is 1.88. The van der Waals surface area contributed by atoms with Gasteiger partial charge >= 0.3 is 0 Å². The average molecular weight is 437 g/mol. The number of hydrogen-bond donors (Lipinski definition) is 2. The van der Waals surface area contributed by atoms with Crippen molar-refractivity contribution in [1.29, 1.82) is 0 Å². The van der Waals surface area contributed by atoms with Crippen LogP contribution in [0.4, 0.5) is 5.69 Å². The molecule has 9 heteroatoms. The van der Waals surface area contributed by atoms with Crippen LogP contribution in [0.5, 0.6) is 5.75 Å². The Morgan fingerprint density at radius 1 is 1.21 bits per heavy atom. The summed E-state index contributed by atoms with van der Waals surface area (Å²) >= 11 is 6.08. The topological polar surface area (TPSA) is 108 Å². The van der Waals surface area contributed by atoms with Gasteiger partial charge in [-0.1, -0.05) is 29.8 Å². The van der Waals surface area contributed by atoms with Crippen molar-refractivity contribution in [3.63, 3.8) is 0 Å². The van der Waals surface area contributed by atoms with Gasteiger partial charge in [-0.2, -0.15) is 0 Å². The number of sulfonamides is 1. The first-order valence-corrected chi connectivity index (χ1v) is 11.2. The molecular formula is C20H21ClN2O5S. The largest absolute Gasteiger partial charge is 0.492 e. The molecule has 2 unspecified atom stereocenters. The third-order valence-electron chi connectivity index (χ3n) is 5.40. The predicted octanol–water partition coefficient (Wildman–Crippen LogP) is 2.44. The van der Waals surface area contributed by atoms with Gasteiger partial charge in [0.2, 0.25) is 15.9 Å². The van der Waals surface area contributed by atoms with Gasteiger partial charge in [-0.3, -0.25) is 4.79 Å². The SMILES string of the molecule is NS(=O)(=O)c1cc(NC(=O)Cc2ccccc2Cl)ccc1OCC1C2COC[C@@H]21. The minimum Gasteiger partial charge on any atom is -0.492 e. The van der Waals surface area contributed by atoms with Gasteiger partial charge in [0.1, 0.15) is 10.6 Å². The second kappa shape index (κ2) is 7.95. The Hall–Kier alpha value is -2.13. The van der Waals surface area contributed by atoms with E-state index in [1.54, 1.807) is 30.3 Å². The van der Waals surface area contributed by atoms with Gasteiger partial charge in [-0.15, -0.1) is 0 Å². The number of benzene rings is 2. The van der Waals surface area contributed by atoms with E-state index in [1.165, 1.54) is 12.1 Å². The lowest BCUT2D eigenvalue weighted by molar-refractivity contribution is -0.115. The fraction of sp³-hybridized carbons (Fsp3) is 0.350. The molecule has 2 aromatic carbocycles. The Morgan fingerprint density at radius 3 is 2.62 bits per heavy atom. The molecule has 3 N–H and O–H groups in total. The van der Waals surface area contributed by atoms with Crippen LogP contribution in [0.1, 0.15) is 5.56 Å². The predicted molar refractivity (Wildman–Crippen MR) is 108 cm³/mol. The van der Waals surface area contributed by atoms with Crippen LogP contribution < -0.4 is 15.2 Å². The summed E-state index contributed by atoms with van der Waals surface area (Å²) in [6.07, 6.45) is 0.0646. The smallest absolute Gasteiger partial charge is 0.241 e. The van der Waals surface area contributed by atoms with E-state index in [1.807, 2.05) is 0 Å². The third-order valence-corrected chi connectivity index (χ3v) is 6.70. The molecular weight excluding hydrogens is 416 g/mol. The van der Waals surface area contributed by atoms with E-state index in [2.05, 4.69) is 5.32 Å². The summed E-state index contributed by atoms with van der Waals surface area (Å²) in [4.78, 5) is 12.2. The second-order valence-corrected chi connectivity index (χ2v) is 9.30. The van der Waals surface area contributed by atoms with Crippen LogP contribution >= 0.6 is 11.6 Å². The molecule has 0 aromatic heterocycles. The van der Waals surface area contributed by atoms with Crippen molar-refractivity contribution < 1.29 is 22.7 Å². The number of carbonyl (C=O) groups is 1. The first-order valence-electron chi connectivity index (χ1n) is 9.23. The number of nitrogens with one attached hydrogen (secondary N) is 1. The number of ether oxygens (including phenoxy) is 2. The number of halogens is 1. The zero-order valence-electron chi connectivity index (χ0n) is 15.5. The monoisotopic (exact) mass is 436 g/mol. The Morgan fingerprint density at radius 2 is 1.93 bits per heavy atom. The van der Waals surface area contributed by atoms with Gasteiger partial charge in [0.25, 0.3) is 0 Å². The Labute approximate surface area is 174 Å². The van der Waals surface area contributed by atoms with Gasteiger partial charge in [0, 0.05) is 16.6 Å². The van der Waals surface area contributed by atoms with Crippen LogP contribution in [0, 0.1) is 17.8 Å². The van der Waals surface area contributed by atoms with E-state index in [9.17, 15) is 13.2 Å². The van der Waals surface area contributed by atoms with Crippen LogP contribution in [-0.4, -0.2) is 34.1 Å². The summed E-state index contributed by atoms with van der Waals surface area (Å²) < 4.78 is 35.2. The average Bonchev–Trinajstić information content (AvgIpc) is 3.08. The summed E-state index contributed by atoms with van der Waals surface area (Å²) in [7, 11) is -4.03. The minimum absolute atomic E-state index is 0.0646. The minimum atomic E-state index is -4.03. The fourth-order valence-corrected chi connectivity index (χ4v) is 4.64. The Balaban J connectivity index is 1.45. The number of fused-ring (bicyclic) bond motifs is 1. The highest BCUT2D eigenvalue weighted by molar-refractivity contribution is 7.89. The lowest BCUT2D eigenvalue weighted by Gasteiger charge is -2.13. The van der Waals surface area contributed by atoms with E-state index < -0.39 is 10.0 Å². The van der Waals surface area contributed by atoms with E-state index in [-0.39, 0.29) is 23.0 Å². The van der Waals surface area contributed by atoms with Crippen LogP contribution in [0.3, 0.4) is 0 Å². The molecule has 1 aliphatic carbocycles. The van der Waals surface area contributed by atoms with Crippen molar-refractivity contribution in [3.05, 3.63) is 53.1 Å². The molecule has 2 aliphatic rings. The van der Waals surface area contributed by atoms with Crippen LogP contribution in [-0.2, 0) is 26.0 Å². The van der Waals surface area contributed by atoms with Gasteiger partial charge < -0.3 is 14.8 Å². The van der Waals surface area contributed by atoms with Crippen molar-refractivity contribution in [2.75, 3.05) is 25.1 Å². The highest BCUT2D eigenvalue weighted by Crippen LogP contribution is 2.50. The molecule has 154 valence electrons. The normalized spacial score (nSPS) is 22.8. The Kier molecular flexibility index (Phi) is 5.52. The number of rotatable bonds is 7. The first kappa shape index (κ1) is 20.2. The second-order valence-electron chi connectivity index (χ2n) is 7.36. The van der Waals surface area contributed by atoms with Gasteiger partial charge in [-0.05, 0) is 41.7 Å². The maximum atomic E-state index is 12.3. The molecule has 0 spiro atoms. The van der Waals surface area contributed by atoms with Crippen molar-refractivity contribution in [1.82, 2.24) is 0 Å². The van der Waals surface area contributed by atoms with Crippen molar-refractivity contribution in [3.8, 4) is 5.75 Å². The van der Waals surface area contributed by atoms with E-state index in [4.69, 9.17) is 26.2 Å². The van der Waals surface area contributed by atoms with Crippen molar-refractivity contribution in [2.24, 2.45) is 22.9 Å². The maximum absolute atomic E-state index is 12.3. The van der Waals surface area contributed by atoms with E-state index in [0.717, 1.165) is 13.2 Å². The Bertz CT molecular complexity index is 1030. The van der Waals surface area contributed by atoms with Gasteiger partial charge in [0.05, 0.1) is 26.2 Å². The maximum Gasteiger partial charge on any atom is 0.241 e. The quantitative estimate of drug-likeness (QED) is 0.693. The molecule has 0 radical (unpaired) electrons. The molecule has 2 aromatic rings. The lowest BCUT2D eigenvalue weighted by atomic mass is 10.1. The number of nitrogens with two attached hydrogens (primary N) is 1. The molecule has 3 atom stereocenters. The molecule has 0 bridgehead atoms. The molecule has 4 rings (SSSR count). The summed E-state index contributed by atoms with van der Waals surface area (Å²) in [6, 6.07) is 11.4. The van der Waals surface area contributed by atoms with E-state index in [0.29, 0.717) is 40.6 Å². The highest BCUT2D eigenvalue weighted by atomic mass is 35.5. The number of amides is 1. The molecule has 29 heavy (non-hydrogen) atoms. The zero-order chi connectivity index (χ0) is 20.6. The molecule has 1 saturated carbocycles. The number of primary sulfonamides is 1. The number of hydrogen-bond acceptors (Lipinski definition) is 5. The summed E-state index contributed by atoms with van der Waals surface area (Å²) in [5.74, 6) is 1.24. The van der Waals surface area contributed by atoms with Gasteiger partial charge in [-0.25, -0.2) is 13.6 Å². The number of anilines is 1. The van der Waals surface area contributed by atoms with Gasteiger partial charge in [0.15, 0.2) is 0 Å². The molecule has 7 nitrogen and oxygen atoms in total. The van der Waals surface area contributed by atoms with Crippen LogP contribution in [0.15, 0.2) is 47.4 Å². The first-order chi connectivity index (χ1) is 13.8.